The molecule has 1 rings (SSSR count). The molecule has 0 heterocycles. The Morgan fingerprint density at radius 3 is 2.92 bits per heavy atom. The van der Waals surface area contributed by atoms with Gasteiger partial charge in [-0.05, 0) is 57.7 Å². The highest BCUT2D eigenvalue weighted by atomic mass is 79.9. The molecule has 0 saturated carbocycles. The molecule has 0 fully saturated rings. The van der Waals surface area contributed by atoms with Crippen LogP contribution in [0.5, 0.6) is 0 Å². The summed E-state index contributed by atoms with van der Waals surface area (Å²) in [5.74, 6) is -0.366. The van der Waals surface area contributed by atoms with Gasteiger partial charge in [-0.3, -0.25) is 9.52 Å². The summed E-state index contributed by atoms with van der Waals surface area (Å²) in [5.41, 5.74) is 0. The Morgan fingerprint density at radius 2 is 2.31 bits per heavy atom. The first-order valence-electron chi connectivity index (χ1n) is 3.17. The maximum Gasteiger partial charge on any atom is 0.323 e. The molecule has 0 aromatic heterocycles. The van der Waals surface area contributed by atoms with E-state index in [1.54, 1.807) is 6.07 Å². The van der Waals surface area contributed by atoms with Crippen LogP contribution in [0.2, 0.25) is 0 Å². The molecule has 0 spiro atoms. The van der Waals surface area contributed by atoms with Gasteiger partial charge >= 0.3 is 5.37 Å². The fourth-order valence-corrected chi connectivity index (χ4v) is 1.78. The van der Waals surface area contributed by atoms with Crippen molar-refractivity contribution in [1.29, 1.82) is 0 Å². The van der Waals surface area contributed by atoms with E-state index >= 15 is 0 Å². The van der Waals surface area contributed by atoms with Crippen molar-refractivity contribution in [3.8, 4) is 0 Å². The second-order valence-electron chi connectivity index (χ2n) is 2.05. The van der Waals surface area contributed by atoms with E-state index in [-0.39, 0.29) is 5.82 Å². The van der Waals surface area contributed by atoms with Crippen LogP contribution in [0.3, 0.4) is 0 Å². The summed E-state index contributed by atoms with van der Waals surface area (Å²) in [5, 5.41) is -0.693. The standard InChI is InChI=1S/C7H4BrClFNOS/c8-5-2-1-4(10)3-6(5)13-11-7(9)12/h1-3H,(H,11,12). The van der Waals surface area contributed by atoms with Gasteiger partial charge in [0.05, 0.1) is 0 Å². The third kappa shape index (κ3) is 3.54. The fraction of sp³-hybridized carbons (Fsp3) is 0. The monoisotopic (exact) mass is 283 g/mol. The lowest BCUT2D eigenvalue weighted by Gasteiger charge is -2.02. The lowest BCUT2D eigenvalue weighted by Crippen LogP contribution is -2.05. The molecule has 1 aromatic rings. The van der Waals surface area contributed by atoms with Gasteiger partial charge in [-0.2, -0.15) is 0 Å². The number of halogens is 3. The molecule has 0 radical (unpaired) electrons. The molecule has 13 heavy (non-hydrogen) atoms. The van der Waals surface area contributed by atoms with Crippen LogP contribution < -0.4 is 4.72 Å². The Morgan fingerprint density at radius 1 is 1.62 bits per heavy atom. The van der Waals surface area contributed by atoms with Gasteiger partial charge in [0.2, 0.25) is 0 Å². The van der Waals surface area contributed by atoms with Gasteiger partial charge in [0.25, 0.3) is 0 Å². The molecule has 0 atom stereocenters. The minimum atomic E-state index is -0.693. The van der Waals surface area contributed by atoms with Crippen LogP contribution in [-0.4, -0.2) is 5.37 Å². The van der Waals surface area contributed by atoms with Crippen LogP contribution in [0.15, 0.2) is 27.6 Å². The van der Waals surface area contributed by atoms with Gasteiger partial charge < -0.3 is 0 Å². The predicted molar refractivity (Wildman–Crippen MR) is 54.3 cm³/mol. The van der Waals surface area contributed by atoms with Crippen molar-refractivity contribution in [2.24, 2.45) is 0 Å². The van der Waals surface area contributed by atoms with E-state index < -0.39 is 5.37 Å². The molecule has 0 aliphatic heterocycles. The van der Waals surface area contributed by atoms with Gasteiger partial charge in [-0.1, -0.05) is 0 Å². The maximum atomic E-state index is 12.7. The summed E-state index contributed by atoms with van der Waals surface area (Å²) < 4.78 is 15.7. The third-order valence-corrected chi connectivity index (χ3v) is 3.14. The zero-order valence-electron chi connectivity index (χ0n) is 6.18. The largest absolute Gasteiger partial charge is 0.323 e. The predicted octanol–water partition coefficient (Wildman–Crippen LogP) is 3.54. The summed E-state index contributed by atoms with van der Waals surface area (Å²) in [6.45, 7) is 0. The lowest BCUT2D eigenvalue weighted by atomic mass is 10.3. The molecular weight excluding hydrogens is 281 g/mol. The Kier molecular flexibility index (Phi) is 4.02. The SMILES string of the molecule is O=C(Cl)NSc1cc(F)ccc1Br. The van der Waals surface area contributed by atoms with Crippen molar-refractivity contribution in [3.05, 3.63) is 28.5 Å². The summed E-state index contributed by atoms with van der Waals surface area (Å²) in [4.78, 5) is 10.9. The lowest BCUT2D eigenvalue weighted by molar-refractivity contribution is 0.264. The van der Waals surface area contributed by atoms with E-state index in [1.165, 1.54) is 12.1 Å². The molecule has 70 valence electrons. The average Bonchev–Trinajstić information content (AvgIpc) is 2.06. The number of hydrogen-bond donors (Lipinski definition) is 1. The first-order chi connectivity index (χ1) is 6.09. The van der Waals surface area contributed by atoms with Gasteiger partial charge in [0, 0.05) is 9.37 Å². The molecule has 0 bridgehead atoms. The highest BCUT2D eigenvalue weighted by Crippen LogP contribution is 2.26. The number of nitrogens with one attached hydrogen (secondary N) is 1. The maximum absolute atomic E-state index is 12.7. The number of carbonyl (C=O) groups excluding carboxylic acids is 1. The van der Waals surface area contributed by atoms with Crippen LogP contribution >= 0.6 is 39.5 Å². The van der Waals surface area contributed by atoms with Crippen LogP contribution in [-0.2, 0) is 0 Å². The Balaban J connectivity index is 2.75. The number of amides is 1. The van der Waals surface area contributed by atoms with Crippen LogP contribution in [0.4, 0.5) is 9.18 Å². The van der Waals surface area contributed by atoms with Crippen LogP contribution in [0, 0.1) is 5.82 Å². The van der Waals surface area contributed by atoms with Crippen molar-refractivity contribution >= 4 is 44.8 Å². The van der Waals surface area contributed by atoms with Crippen LogP contribution in [0.1, 0.15) is 0 Å². The van der Waals surface area contributed by atoms with E-state index in [9.17, 15) is 9.18 Å². The minimum absolute atomic E-state index is 0.366. The van der Waals surface area contributed by atoms with Gasteiger partial charge in [-0.25, -0.2) is 4.39 Å². The smallest absolute Gasteiger partial charge is 0.282 e. The van der Waals surface area contributed by atoms with Crippen LogP contribution in [0.25, 0.3) is 0 Å². The van der Waals surface area contributed by atoms with Crippen molar-refractivity contribution in [2.75, 3.05) is 0 Å². The van der Waals surface area contributed by atoms with Gasteiger partial charge in [0.15, 0.2) is 0 Å². The highest BCUT2D eigenvalue weighted by molar-refractivity contribution is 9.10. The second-order valence-corrected chi connectivity index (χ2v) is 4.10. The summed E-state index contributed by atoms with van der Waals surface area (Å²) in [6.07, 6.45) is 0. The molecule has 0 aliphatic rings. The molecule has 1 aromatic carbocycles. The Bertz CT molecular complexity index is 336. The number of benzene rings is 1. The molecule has 6 heteroatoms. The fourth-order valence-electron chi connectivity index (χ4n) is 0.651. The van der Waals surface area contributed by atoms with Gasteiger partial charge in [-0.15, -0.1) is 0 Å². The van der Waals surface area contributed by atoms with E-state index in [4.69, 9.17) is 11.6 Å². The number of hydrogen-bond acceptors (Lipinski definition) is 2. The number of carbonyl (C=O) groups is 1. The summed E-state index contributed by atoms with van der Waals surface area (Å²) >= 11 is 9.19. The summed E-state index contributed by atoms with van der Waals surface area (Å²) in [7, 11) is 0. The molecule has 0 saturated heterocycles. The van der Waals surface area contributed by atoms with E-state index in [0.29, 0.717) is 9.37 Å². The first-order valence-corrected chi connectivity index (χ1v) is 5.15. The third-order valence-electron chi connectivity index (χ3n) is 1.13. The normalized spacial score (nSPS) is 9.77. The molecule has 1 amide bonds. The van der Waals surface area contributed by atoms with E-state index in [0.717, 1.165) is 11.9 Å². The van der Waals surface area contributed by atoms with Crippen molar-refractivity contribution in [2.45, 2.75) is 4.90 Å². The average molecular weight is 285 g/mol. The molecule has 2 nitrogen and oxygen atoms in total. The number of rotatable bonds is 2. The second kappa shape index (κ2) is 4.83. The van der Waals surface area contributed by atoms with Crippen molar-refractivity contribution in [1.82, 2.24) is 4.72 Å². The zero-order chi connectivity index (χ0) is 9.84. The molecule has 0 unspecified atom stereocenters. The van der Waals surface area contributed by atoms with E-state index in [1.807, 2.05) is 0 Å². The highest BCUT2D eigenvalue weighted by Gasteiger charge is 2.03. The minimum Gasteiger partial charge on any atom is -0.282 e. The topological polar surface area (TPSA) is 29.1 Å². The van der Waals surface area contributed by atoms with E-state index in [2.05, 4.69) is 20.7 Å². The van der Waals surface area contributed by atoms with Gasteiger partial charge in [0.1, 0.15) is 5.82 Å². The molecule has 1 N–H and O–H groups in total. The van der Waals surface area contributed by atoms with Crippen molar-refractivity contribution in [3.63, 3.8) is 0 Å². The van der Waals surface area contributed by atoms with Crippen molar-refractivity contribution < 1.29 is 9.18 Å². The molecular formula is C7H4BrClFNOS. The molecule has 0 aliphatic carbocycles. The quantitative estimate of drug-likeness (QED) is 0.511. The summed E-state index contributed by atoms with van der Waals surface area (Å²) in [6, 6.07) is 4.16. The Labute approximate surface area is 92.1 Å². The zero-order valence-corrected chi connectivity index (χ0v) is 9.34. The Hall–Kier alpha value is -0.260. The first kappa shape index (κ1) is 10.8.